The Morgan fingerprint density at radius 1 is 1.10 bits per heavy atom. The van der Waals surface area contributed by atoms with Crippen molar-refractivity contribution in [2.45, 2.75) is 26.2 Å². The van der Waals surface area contributed by atoms with Gasteiger partial charge in [0.1, 0.15) is 16.1 Å². The third-order valence-corrected chi connectivity index (χ3v) is 4.56. The van der Waals surface area contributed by atoms with Gasteiger partial charge < -0.3 is 0 Å². The second-order valence-electron chi connectivity index (χ2n) is 5.79. The maximum absolute atomic E-state index is 6.31. The molecule has 20 heavy (non-hydrogen) atoms. The molecule has 1 aromatic carbocycles. The molecule has 1 atom stereocenters. The monoisotopic (exact) mass is 326 g/mol. The van der Waals surface area contributed by atoms with E-state index in [-0.39, 0.29) is 5.41 Å². The lowest BCUT2D eigenvalue weighted by atomic mass is 10.1. The van der Waals surface area contributed by atoms with Crippen LogP contribution in [0.25, 0.3) is 11.1 Å². The van der Waals surface area contributed by atoms with Crippen LogP contribution < -0.4 is 0 Å². The highest BCUT2D eigenvalue weighted by Gasteiger charge is 2.48. The zero-order valence-corrected chi connectivity index (χ0v) is 13.4. The number of benzene rings is 1. The summed E-state index contributed by atoms with van der Waals surface area (Å²) in [6.07, 6.45) is 1.07. The first-order chi connectivity index (χ1) is 9.38. The topological polar surface area (TPSA) is 25.8 Å². The molecule has 0 N–H and O–H groups in total. The lowest BCUT2D eigenvalue weighted by Gasteiger charge is -2.09. The van der Waals surface area contributed by atoms with Crippen LogP contribution in [0.15, 0.2) is 24.3 Å². The number of aromatic nitrogens is 2. The van der Waals surface area contributed by atoms with E-state index in [2.05, 4.69) is 23.8 Å². The van der Waals surface area contributed by atoms with Gasteiger partial charge in [-0.2, -0.15) is 0 Å². The van der Waals surface area contributed by atoms with Gasteiger partial charge in [0.05, 0.1) is 5.56 Å². The van der Waals surface area contributed by atoms with Crippen LogP contribution in [0.4, 0.5) is 0 Å². The van der Waals surface area contributed by atoms with Gasteiger partial charge in [0.25, 0.3) is 0 Å². The number of hydrogen-bond acceptors (Lipinski definition) is 2. The third-order valence-electron chi connectivity index (χ3n) is 3.78. The Morgan fingerprint density at radius 3 is 2.20 bits per heavy atom. The Labute approximate surface area is 133 Å². The highest BCUT2D eigenvalue weighted by Crippen LogP contribution is 2.58. The van der Waals surface area contributed by atoms with Gasteiger partial charge >= 0.3 is 0 Å². The second-order valence-corrected chi connectivity index (χ2v) is 6.95. The Balaban J connectivity index is 2.06. The summed E-state index contributed by atoms with van der Waals surface area (Å²) < 4.78 is 0. The molecule has 1 heterocycles. The number of rotatable bonds is 2. The van der Waals surface area contributed by atoms with Crippen molar-refractivity contribution in [2.75, 3.05) is 0 Å². The van der Waals surface area contributed by atoms with Gasteiger partial charge in [-0.1, -0.05) is 60.8 Å². The Kier molecular flexibility index (Phi) is 3.44. The molecule has 0 spiro atoms. The van der Waals surface area contributed by atoms with E-state index in [0.29, 0.717) is 26.8 Å². The average Bonchev–Trinajstić information content (AvgIpc) is 2.97. The van der Waals surface area contributed by atoms with E-state index in [4.69, 9.17) is 34.8 Å². The minimum atomic E-state index is 0.240. The first kappa shape index (κ1) is 14.1. The largest absolute Gasteiger partial charge is 0.220 e. The quantitative estimate of drug-likeness (QED) is 0.669. The summed E-state index contributed by atoms with van der Waals surface area (Å²) in [5.74, 6) is 1.07. The van der Waals surface area contributed by atoms with Crippen molar-refractivity contribution in [2.24, 2.45) is 5.41 Å². The van der Waals surface area contributed by atoms with Crippen LogP contribution >= 0.6 is 34.8 Å². The fourth-order valence-corrected chi connectivity index (χ4v) is 3.18. The molecular formula is C15H13Cl3N2. The predicted octanol–water partition coefficient (Wildman–Crippen LogP) is 5.62. The molecule has 1 fully saturated rings. The van der Waals surface area contributed by atoms with Crippen molar-refractivity contribution in [3.8, 4) is 11.1 Å². The van der Waals surface area contributed by atoms with Crippen molar-refractivity contribution in [3.63, 3.8) is 0 Å². The molecule has 3 rings (SSSR count). The Bertz CT molecular complexity index is 660. The molecule has 0 radical (unpaired) electrons. The van der Waals surface area contributed by atoms with Crippen LogP contribution in [-0.2, 0) is 0 Å². The highest BCUT2D eigenvalue weighted by atomic mass is 35.5. The second kappa shape index (κ2) is 4.87. The molecule has 1 aliphatic rings. The minimum Gasteiger partial charge on any atom is -0.220 e. The third kappa shape index (κ3) is 2.52. The van der Waals surface area contributed by atoms with Crippen LogP contribution in [-0.4, -0.2) is 9.97 Å². The van der Waals surface area contributed by atoms with Gasteiger partial charge in [0.2, 0.25) is 0 Å². The Hall–Kier alpha value is -0.830. The molecule has 0 saturated heterocycles. The molecule has 0 amide bonds. The molecule has 0 aliphatic heterocycles. The zero-order chi connectivity index (χ0) is 14.5. The van der Waals surface area contributed by atoms with Crippen molar-refractivity contribution in [1.82, 2.24) is 9.97 Å². The van der Waals surface area contributed by atoms with Gasteiger partial charge in [0.15, 0.2) is 0 Å². The molecule has 1 aromatic heterocycles. The summed E-state index contributed by atoms with van der Waals surface area (Å²) in [6.45, 7) is 4.38. The van der Waals surface area contributed by atoms with E-state index < -0.39 is 0 Å². The first-order valence-electron chi connectivity index (χ1n) is 6.37. The minimum absolute atomic E-state index is 0.240. The van der Waals surface area contributed by atoms with Gasteiger partial charge in [-0.05, 0) is 29.5 Å². The lowest BCUT2D eigenvalue weighted by Crippen LogP contribution is -2.00. The number of hydrogen-bond donors (Lipinski definition) is 0. The maximum Gasteiger partial charge on any atom is 0.142 e. The molecular weight excluding hydrogens is 315 g/mol. The van der Waals surface area contributed by atoms with Crippen LogP contribution in [0, 0.1) is 5.41 Å². The fraction of sp³-hybridized carbons (Fsp3) is 0.333. The first-order valence-corrected chi connectivity index (χ1v) is 7.51. The molecule has 2 aromatic rings. The summed E-state index contributed by atoms with van der Waals surface area (Å²) in [5, 5.41) is 1.39. The molecule has 1 unspecified atom stereocenters. The summed E-state index contributed by atoms with van der Waals surface area (Å²) in [6, 6.07) is 7.35. The molecule has 1 aliphatic carbocycles. The highest BCUT2D eigenvalue weighted by molar-refractivity contribution is 6.38. The molecule has 5 heteroatoms. The van der Waals surface area contributed by atoms with E-state index >= 15 is 0 Å². The summed E-state index contributed by atoms with van der Waals surface area (Å²) in [5.41, 5.74) is 1.71. The maximum atomic E-state index is 6.31. The molecule has 104 valence electrons. The van der Waals surface area contributed by atoms with Gasteiger partial charge in [0, 0.05) is 10.9 Å². The van der Waals surface area contributed by atoms with Gasteiger partial charge in [-0.25, -0.2) is 9.97 Å². The smallest absolute Gasteiger partial charge is 0.142 e. The van der Waals surface area contributed by atoms with E-state index in [0.717, 1.165) is 17.8 Å². The number of halogens is 3. The van der Waals surface area contributed by atoms with Crippen molar-refractivity contribution in [3.05, 3.63) is 45.4 Å². The van der Waals surface area contributed by atoms with Crippen LogP contribution in [0.1, 0.15) is 32.0 Å². The summed E-state index contributed by atoms with van der Waals surface area (Å²) in [7, 11) is 0. The predicted molar refractivity (Wildman–Crippen MR) is 83.6 cm³/mol. The molecule has 0 bridgehead atoms. The Morgan fingerprint density at radius 2 is 1.70 bits per heavy atom. The molecule has 2 nitrogen and oxygen atoms in total. The molecule has 1 saturated carbocycles. The van der Waals surface area contributed by atoms with E-state index in [1.54, 1.807) is 12.1 Å². The van der Waals surface area contributed by atoms with E-state index in [1.807, 2.05) is 12.1 Å². The van der Waals surface area contributed by atoms with Crippen LogP contribution in [0.2, 0.25) is 15.3 Å². The SMILES string of the molecule is CC1(C)CC1c1nc(Cl)c(-c2cccc(Cl)c2)c(Cl)n1. The van der Waals surface area contributed by atoms with Crippen LogP contribution in [0.3, 0.4) is 0 Å². The van der Waals surface area contributed by atoms with Crippen LogP contribution in [0.5, 0.6) is 0 Å². The lowest BCUT2D eigenvalue weighted by molar-refractivity contribution is 0.608. The summed E-state index contributed by atoms with van der Waals surface area (Å²) >= 11 is 18.6. The van der Waals surface area contributed by atoms with Gasteiger partial charge in [-0.3, -0.25) is 0 Å². The standard InChI is InChI=1S/C15H13Cl3N2/c1-15(2)7-10(15)14-19-12(17)11(13(18)20-14)8-4-3-5-9(16)6-8/h3-6,10H,7H2,1-2H3. The van der Waals surface area contributed by atoms with Crippen molar-refractivity contribution >= 4 is 34.8 Å². The van der Waals surface area contributed by atoms with E-state index in [9.17, 15) is 0 Å². The summed E-state index contributed by atoms with van der Waals surface area (Å²) in [4.78, 5) is 8.85. The van der Waals surface area contributed by atoms with E-state index in [1.165, 1.54) is 0 Å². The average molecular weight is 328 g/mol. The van der Waals surface area contributed by atoms with Crippen molar-refractivity contribution in [1.29, 1.82) is 0 Å². The fourth-order valence-electron chi connectivity index (χ4n) is 2.37. The normalized spacial score (nSPS) is 19.9. The van der Waals surface area contributed by atoms with Gasteiger partial charge in [-0.15, -0.1) is 0 Å². The zero-order valence-electron chi connectivity index (χ0n) is 11.1. The number of nitrogens with zero attached hydrogens (tertiary/aromatic N) is 2. The van der Waals surface area contributed by atoms with Crippen molar-refractivity contribution < 1.29 is 0 Å².